The number of aromatic amines is 1. The van der Waals surface area contributed by atoms with Gasteiger partial charge in [-0.05, 0) is 77.7 Å². The Hall–Kier alpha value is -2.65. The molecular weight excluding hydrogens is 654 g/mol. The first-order chi connectivity index (χ1) is 24.8. The summed E-state index contributed by atoms with van der Waals surface area (Å²) in [5, 5.41) is 17.4. The van der Waals surface area contributed by atoms with Gasteiger partial charge in [0.05, 0.1) is 23.8 Å². The van der Waals surface area contributed by atoms with Gasteiger partial charge in [-0.1, -0.05) is 117 Å². The second kappa shape index (κ2) is 21.3. The molecular formula is C43H73N3O6. The van der Waals surface area contributed by atoms with E-state index in [0.717, 1.165) is 57.8 Å². The molecule has 2 fully saturated rings. The van der Waals surface area contributed by atoms with Gasteiger partial charge in [0.25, 0.3) is 0 Å². The fourth-order valence-electron chi connectivity index (χ4n) is 8.30. The highest BCUT2D eigenvalue weighted by atomic mass is 16.7. The number of hydrogen-bond donors (Lipinski definition) is 4. The number of unbranched alkanes of at least 4 members (excludes halogenated alkanes) is 9. The lowest BCUT2D eigenvalue weighted by molar-refractivity contribution is -0.298. The first kappa shape index (κ1) is 43.8. The van der Waals surface area contributed by atoms with Crippen molar-refractivity contribution >= 4 is 17.8 Å². The summed E-state index contributed by atoms with van der Waals surface area (Å²) in [5.41, 5.74) is -1.08. The van der Waals surface area contributed by atoms with E-state index in [1.807, 2.05) is 27.7 Å². The van der Waals surface area contributed by atoms with Crippen LogP contribution in [0.5, 0.6) is 0 Å². The second-order valence-corrected chi connectivity index (χ2v) is 16.9. The molecule has 0 spiro atoms. The number of carbonyl (C=O) groups is 3. The number of Topliss-reactive ketones (excluding diaryl/α,β-unsaturated/α-hetero) is 1. The molecule has 52 heavy (non-hydrogen) atoms. The van der Waals surface area contributed by atoms with Crippen LogP contribution in [0.1, 0.15) is 187 Å². The van der Waals surface area contributed by atoms with E-state index >= 15 is 0 Å². The summed E-state index contributed by atoms with van der Waals surface area (Å²) < 4.78 is 12.2. The molecule has 1 aliphatic carbocycles. The Bertz CT molecular complexity index is 1270. The Morgan fingerprint density at radius 3 is 2.21 bits per heavy atom. The van der Waals surface area contributed by atoms with Crippen LogP contribution in [0.25, 0.3) is 0 Å². The number of aliphatic carboxylic acids is 1. The third-order valence-electron chi connectivity index (χ3n) is 11.4. The summed E-state index contributed by atoms with van der Waals surface area (Å²) in [6.45, 7) is 14.2. The van der Waals surface area contributed by atoms with E-state index in [9.17, 15) is 19.5 Å². The van der Waals surface area contributed by atoms with E-state index in [2.05, 4.69) is 34.7 Å². The Labute approximate surface area is 315 Å². The first-order valence-corrected chi connectivity index (χ1v) is 20.8. The Morgan fingerprint density at radius 2 is 1.56 bits per heavy atom. The maximum atomic E-state index is 14.6. The molecule has 0 radical (unpaired) electrons. The average Bonchev–Trinajstić information content (AvgIpc) is 3.60. The van der Waals surface area contributed by atoms with E-state index in [4.69, 9.17) is 9.47 Å². The minimum atomic E-state index is -1.32. The predicted molar refractivity (Wildman–Crippen MR) is 209 cm³/mol. The lowest BCUT2D eigenvalue weighted by Gasteiger charge is -2.48. The van der Waals surface area contributed by atoms with Crippen molar-refractivity contribution in [2.75, 3.05) is 6.61 Å². The van der Waals surface area contributed by atoms with Gasteiger partial charge >= 0.3 is 12.0 Å². The number of allylic oxidation sites excluding steroid dienone is 2. The fourth-order valence-corrected chi connectivity index (χ4v) is 8.30. The van der Waals surface area contributed by atoms with Gasteiger partial charge in [-0.15, -0.1) is 0 Å². The van der Waals surface area contributed by atoms with Gasteiger partial charge in [-0.25, -0.2) is 4.79 Å². The molecule has 4 N–H and O–H groups in total. The smallest absolute Gasteiger partial charge is 0.315 e. The number of carboxylic acid groups (broad SMARTS) is 1. The number of H-pyrrole nitrogens is 1. The van der Waals surface area contributed by atoms with Crippen LogP contribution in [0.4, 0.5) is 4.79 Å². The zero-order valence-corrected chi connectivity index (χ0v) is 33.7. The minimum Gasteiger partial charge on any atom is -0.481 e. The number of rotatable bonds is 23. The number of ketones is 1. The summed E-state index contributed by atoms with van der Waals surface area (Å²) >= 11 is 0. The molecule has 2 aliphatic rings. The molecule has 1 saturated carbocycles. The number of carbonyl (C=O) groups excluding carboxylic acids is 2. The number of aromatic nitrogens is 1. The summed E-state index contributed by atoms with van der Waals surface area (Å²) in [7, 11) is 0. The van der Waals surface area contributed by atoms with Crippen molar-refractivity contribution < 1.29 is 29.0 Å². The monoisotopic (exact) mass is 728 g/mol. The molecule has 0 bridgehead atoms. The molecule has 9 heteroatoms. The number of carboxylic acids is 1. The maximum absolute atomic E-state index is 14.6. The molecule has 1 aromatic rings. The molecule has 4 atom stereocenters. The quantitative estimate of drug-likeness (QED) is 0.0504. The van der Waals surface area contributed by atoms with Crippen molar-refractivity contribution in [1.82, 2.24) is 15.6 Å². The van der Waals surface area contributed by atoms with Gasteiger partial charge < -0.3 is 30.2 Å². The SMILES string of the molecule is CCCCC=CCCCCCCCCC(C)NC(=O)NC(c1[nH]ccc1C(=O)C1OC(C)(C)OCC1(C)C)(C1CCCCC1)C(CCCC)C(=O)O. The van der Waals surface area contributed by atoms with E-state index in [-0.39, 0.29) is 23.8 Å². The van der Waals surface area contributed by atoms with Crippen molar-refractivity contribution in [2.45, 2.75) is 194 Å². The molecule has 1 aromatic heterocycles. The van der Waals surface area contributed by atoms with Crippen molar-refractivity contribution in [1.29, 1.82) is 0 Å². The molecule has 0 aromatic carbocycles. The van der Waals surface area contributed by atoms with E-state index < -0.39 is 34.7 Å². The molecule has 4 unspecified atom stereocenters. The maximum Gasteiger partial charge on any atom is 0.315 e. The highest BCUT2D eigenvalue weighted by Gasteiger charge is 2.55. The van der Waals surface area contributed by atoms with Crippen LogP contribution in [0.3, 0.4) is 0 Å². The van der Waals surface area contributed by atoms with Gasteiger partial charge in [0.2, 0.25) is 0 Å². The summed E-state index contributed by atoms with van der Waals surface area (Å²) in [6.07, 6.45) is 24.7. The van der Waals surface area contributed by atoms with Gasteiger partial charge in [0.15, 0.2) is 11.6 Å². The number of urea groups is 1. The van der Waals surface area contributed by atoms with Crippen LogP contribution in [0, 0.1) is 17.3 Å². The third-order valence-corrected chi connectivity index (χ3v) is 11.4. The van der Waals surface area contributed by atoms with E-state index in [1.54, 1.807) is 26.1 Å². The first-order valence-electron chi connectivity index (χ1n) is 20.8. The lowest BCUT2D eigenvalue weighted by Crippen LogP contribution is -2.62. The van der Waals surface area contributed by atoms with Gasteiger partial charge in [-0.3, -0.25) is 9.59 Å². The zero-order chi connectivity index (χ0) is 38.2. The van der Waals surface area contributed by atoms with Crippen LogP contribution < -0.4 is 10.6 Å². The minimum absolute atomic E-state index is 0.0837. The number of nitrogens with one attached hydrogen (secondary N) is 3. The standard InChI is InChI=1S/C43H73N3O6/c1-8-10-12-13-14-15-16-17-18-19-20-22-25-32(3)45-40(50)46-43(33-26-23-21-24-27-33,35(39(48)49)28-11-9-2)37-34(29-30-44-37)36(47)38-41(4,5)31-51-42(6,7)52-38/h13-14,29-30,32-33,35,38,44H,8-12,15-28,31H2,1-7H3,(H,48,49)(H2,45,46,50). The Balaban J connectivity index is 1.82. The van der Waals surface area contributed by atoms with Gasteiger partial charge in [-0.2, -0.15) is 0 Å². The van der Waals surface area contributed by atoms with Gasteiger partial charge in [0, 0.05) is 23.2 Å². The van der Waals surface area contributed by atoms with Crippen molar-refractivity contribution in [3.63, 3.8) is 0 Å². The third kappa shape index (κ3) is 12.5. The fraction of sp³-hybridized carbons (Fsp3) is 0.791. The van der Waals surface area contributed by atoms with Crippen molar-refractivity contribution in [2.24, 2.45) is 17.3 Å². The largest absolute Gasteiger partial charge is 0.481 e. The summed E-state index contributed by atoms with van der Waals surface area (Å²) in [5.74, 6) is -3.24. The Morgan fingerprint density at radius 1 is 0.923 bits per heavy atom. The van der Waals surface area contributed by atoms with Crippen LogP contribution >= 0.6 is 0 Å². The number of ether oxygens (including phenoxy) is 2. The highest BCUT2D eigenvalue weighted by molar-refractivity contribution is 6.02. The molecule has 2 heterocycles. The zero-order valence-electron chi connectivity index (χ0n) is 33.7. The van der Waals surface area contributed by atoms with E-state index in [1.165, 1.54) is 51.4 Å². The number of hydrogen-bond acceptors (Lipinski definition) is 5. The summed E-state index contributed by atoms with van der Waals surface area (Å²) in [4.78, 5) is 45.5. The average molecular weight is 728 g/mol. The molecule has 296 valence electrons. The molecule has 1 aliphatic heterocycles. The number of amides is 2. The molecule has 2 amide bonds. The van der Waals surface area contributed by atoms with Crippen LogP contribution in [-0.4, -0.2) is 52.4 Å². The van der Waals surface area contributed by atoms with Crippen molar-refractivity contribution in [3.05, 3.63) is 35.7 Å². The van der Waals surface area contributed by atoms with Gasteiger partial charge in [0.1, 0.15) is 6.10 Å². The predicted octanol–water partition coefficient (Wildman–Crippen LogP) is 10.6. The lowest BCUT2D eigenvalue weighted by atomic mass is 9.63. The molecule has 1 saturated heterocycles. The van der Waals surface area contributed by atoms with Crippen LogP contribution in [0.2, 0.25) is 0 Å². The normalized spacial score (nSPS) is 21.3. The molecule has 9 nitrogen and oxygen atoms in total. The molecule has 3 rings (SSSR count). The Kier molecular flexibility index (Phi) is 17.9. The van der Waals surface area contributed by atoms with Crippen LogP contribution in [-0.2, 0) is 19.8 Å². The van der Waals surface area contributed by atoms with E-state index in [0.29, 0.717) is 30.7 Å². The topological polar surface area (TPSA) is 130 Å². The highest BCUT2D eigenvalue weighted by Crippen LogP contribution is 2.48. The van der Waals surface area contributed by atoms with Crippen LogP contribution in [0.15, 0.2) is 24.4 Å². The summed E-state index contributed by atoms with van der Waals surface area (Å²) in [6, 6.07) is 1.27. The van der Waals surface area contributed by atoms with Crippen molar-refractivity contribution in [3.8, 4) is 0 Å². The second-order valence-electron chi connectivity index (χ2n) is 16.9.